The molecular weight excluding hydrogens is 444 g/mol. The highest BCUT2D eigenvalue weighted by atomic mass is 79.9. The molecule has 0 unspecified atom stereocenters. The number of ketones is 1. The van der Waals surface area contributed by atoms with Gasteiger partial charge in [0.1, 0.15) is 17.3 Å². The van der Waals surface area contributed by atoms with Crippen LogP contribution < -0.4 is 0 Å². The molecule has 0 spiro atoms. The van der Waals surface area contributed by atoms with Crippen molar-refractivity contribution in [2.75, 3.05) is 6.54 Å². The van der Waals surface area contributed by atoms with E-state index in [-0.39, 0.29) is 51.7 Å². The van der Waals surface area contributed by atoms with Crippen molar-refractivity contribution in [1.82, 2.24) is 14.9 Å². The summed E-state index contributed by atoms with van der Waals surface area (Å²) in [4.78, 5) is 23.6. The fourth-order valence-electron chi connectivity index (χ4n) is 3.56. The largest absolute Gasteiger partial charge is 0.507 e. The Morgan fingerprint density at radius 3 is 2.17 bits per heavy atom. The maximum atomic E-state index is 13.2. The molecule has 0 amide bonds. The fourth-order valence-corrected chi connectivity index (χ4v) is 3.56. The number of phenols is 1. The van der Waals surface area contributed by atoms with Crippen molar-refractivity contribution >= 4 is 28.6 Å². The minimum Gasteiger partial charge on any atom is -0.507 e. The Morgan fingerprint density at radius 2 is 1.67 bits per heavy atom. The average Bonchev–Trinajstić information content (AvgIpc) is 2.88. The Hall–Kier alpha value is -2.28. The van der Waals surface area contributed by atoms with Crippen LogP contribution >= 0.6 is 17.0 Å². The summed E-state index contributed by atoms with van der Waals surface area (Å²) in [7, 11) is 0. The number of aryl methyl sites for hydroxylation is 1. The van der Waals surface area contributed by atoms with Gasteiger partial charge in [-0.3, -0.25) is 15.2 Å². The summed E-state index contributed by atoms with van der Waals surface area (Å²) >= 11 is 0. The topological polar surface area (TPSA) is 90.2 Å². The molecule has 0 saturated carbocycles. The zero-order valence-electron chi connectivity index (χ0n) is 18.8. The van der Waals surface area contributed by atoms with Gasteiger partial charge in [0.2, 0.25) is 0 Å². The molecule has 7 heteroatoms. The third-order valence-corrected chi connectivity index (χ3v) is 5.23. The van der Waals surface area contributed by atoms with Gasteiger partial charge in [-0.2, -0.15) is 0 Å². The second kappa shape index (κ2) is 8.10. The van der Waals surface area contributed by atoms with E-state index in [1.807, 2.05) is 48.5 Å². The highest BCUT2D eigenvalue weighted by Gasteiger charge is 2.31. The van der Waals surface area contributed by atoms with Crippen molar-refractivity contribution in [3.8, 4) is 5.75 Å². The number of hydrogen-bond acceptors (Lipinski definition) is 5. The van der Waals surface area contributed by atoms with Crippen molar-refractivity contribution in [2.45, 2.75) is 65.8 Å². The predicted molar refractivity (Wildman–Crippen MR) is 124 cm³/mol. The summed E-state index contributed by atoms with van der Waals surface area (Å²) in [6, 6.07) is 3.58. The number of nitrogens with one attached hydrogen (secondary N) is 1. The lowest BCUT2D eigenvalue weighted by Gasteiger charge is -2.28. The van der Waals surface area contributed by atoms with Gasteiger partial charge in [-0.1, -0.05) is 41.5 Å². The summed E-state index contributed by atoms with van der Waals surface area (Å²) in [5.41, 5.74) is 3.49. The van der Waals surface area contributed by atoms with Crippen LogP contribution in [-0.4, -0.2) is 38.1 Å². The molecule has 2 aromatic rings. The summed E-state index contributed by atoms with van der Waals surface area (Å²) in [6.45, 7) is 14.5. The van der Waals surface area contributed by atoms with Gasteiger partial charge in [-0.25, -0.2) is 4.98 Å². The molecule has 162 valence electrons. The standard InChI is InChI=1S/C23H30N4O2.BrH/c1-13-10-25-17-11-27(21(24)19(17)26-13)12-18(28)14-8-15(22(2,3)4)20(29)16(9-14)23(5,6)7;/h8-10,24,29H,11-12H2,1-7H3;1H. The SMILES string of the molecule is Br.Cc1cnc2c(n1)C(=N)N(CC(=O)c1cc(C(C)(C)C)c(O)c(C(C)(C)C)c1)C2. The molecule has 0 fully saturated rings. The van der Waals surface area contributed by atoms with Gasteiger partial charge in [-0.15, -0.1) is 17.0 Å². The van der Waals surface area contributed by atoms with E-state index in [9.17, 15) is 9.90 Å². The molecule has 30 heavy (non-hydrogen) atoms. The molecule has 0 aliphatic carbocycles. The summed E-state index contributed by atoms with van der Waals surface area (Å²) in [5.74, 6) is 0.400. The van der Waals surface area contributed by atoms with E-state index in [2.05, 4.69) is 9.97 Å². The number of carbonyl (C=O) groups is 1. The normalized spacial score (nSPS) is 13.8. The second-order valence-corrected chi connectivity index (χ2v) is 9.85. The molecule has 2 heterocycles. The Labute approximate surface area is 189 Å². The van der Waals surface area contributed by atoms with E-state index in [1.165, 1.54) is 0 Å². The van der Waals surface area contributed by atoms with E-state index >= 15 is 0 Å². The monoisotopic (exact) mass is 474 g/mol. The van der Waals surface area contributed by atoms with Crippen molar-refractivity contribution in [2.24, 2.45) is 0 Å². The van der Waals surface area contributed by atoms with Crippen molar-refractivity contribution in [3.05, 3.63) is 52.1 Å². The van der Waals surface area contributed by atoms with E-state index in [0.29, 0.717) is 17.8 Å². The first-order chi connectivity index (χ1) is 13.3. The number of Topliss-reactive ketones (excluding diaryl/α,β-unsaturated/α-hetero) is 1. The number of fused-ring (bicyclic) bond motifs is 1. The molecule has 1 aliphatic heterocycles. The van der Waals surface area contributed by atoms with Gasteiger partial charge in [0, 0.05) is 22.9 Å². The Morgan fingerprint density at radius 1 is 1.13 bits per heavy atom. The molecule has 6 nitrogen and oxygen atoms in total. The molecule has 0 bridgehead atoms. The van der Waals surface area contributed by atoms with Gasteiger partial charge in [0.05, 0.1) is 24.5 Å². The first-order valence-corrected chi connectivity index (χ1v) is 9.86. The number of carbonyl (C=O) groups excluding carboxylic acids is 1. The minimum atomic E-state index is -0.303. The number of aromatic nitrogens is 2. The zero-order valence-corrected chi connectivity index (χ0v) is 20.5. The maximum absolute atomic E-state index is 13.2. The van der Waals surface area contributed by atoms with Crippen LogP contribution in [0.25, 0.3) is 0 Å². The lowest BCUT2D eigenvalue weighted by Crippen LogP contribution is -2.31. The van der Waals surface area contributed by atoms with Gasteiger partial charge < -0.3 is 10.0 Å². The van der Waals surface area contributed by atoms with Gasteiger partial charge in [0.15, 0.2) is 5.78 Å². The molecule has 1 aromatic carbocycles. The molecule has 0 atom stereocenters. The number of nitrogens with zero attached hydrogens (tertiary/aromatic N) is 3. The molecule has 0 radical (unpaired) electrons. The first kappa shape index (κ1) is 24.0. The molecule has 2 N–H and O–H groups in total. The summed E-state index contributed by atoms with van der Waals surface area (Å²) < 4.78 is 0. The number of benzene rings is 1. The van der Waals surface area contributed by atoms with Crippen LogP contribution in [0.3, 0.4) is 0 Å². The van der Waals surface area contributed by atoms with Crippen LogP contribution in [0, 0.1) is 12.3 Å². The number of hydrogen-bond donors (Lipinski definition) is 2. The van der Waals surface area contributed by atoms with E-state index in [0.717, 1.165) is 22.5 Å². The maximum Gasteiger partial charge on any atom is 0.182 e. The van der Waals surface area contributed by atoms with Crippen LogP contribution in [0.1, 0.15) is 80.1 Å². The molecule has 3 rings (SSSR count). The van der Waals surface area contributed by atoms with Crippen molar-refractivity contribution in [3.63, 3.8) is 0 Å². The quantitative estimate of drug-likeness (QED) is 0.629. The van der Waals surface area contributed by atoms with Gasteiger partial charge >= 0.3 is 0 Å². The number of halogens is 1. The Bertz CT molecular complexity index is 968. The average molecular weight is 475 g/mol. The third kappa shape index (κ3) is 4.56. The Kier molecular flexibility index (Phi) is 6.48. The number of amidine groups is 1. The lowest BCUT2D eigenvalue weighted by molar-refractivity contribution is 0.0962. The number of phenolic OH excluding ortho intramolecular Hbond substituents is 1. The fraction of sp³-hybridized carbons (Fsp3) is 0.478. The lowest BCUT2D eigenvalue weighted by atomic mass is 9.78. The van der Waals surface area contributed by atoms with Crippen LogP contribution in [0.15, 0.2) is 18.3 Å². The second-order valence-electron chi connectivity index (χ2n) is 9.85. The molecule has 0 saturated heterocycles. The molecular formula is C23H31BrN4O2. The van der Waals surface area contributed by atoms with Gasteiger partial charge in [-0.05, 0) is 29.9 Å². The Balaban J connectivity index is 0.00000320. The van der Waals surface area contributed by atoms with Crippen molar-refractivity contribution in [1.29, 1.82) is 5.41 Å². The third-order valence-electron chi connectivity index (χ3n) is 5.23. The van der Waals surface area contributed by atoms with Gasteiger partial charge in [0.25, 0.3) is 0 Å². The van der Waals surface area contributed by atoms with Crippen LogP contribution in [-0.2, 0) is 17.4 Å². The predicted octanol–water partition coefficient (Wildman–Crippen LogP) is 4.69. The van der Waals surface area contributed by atoms with E-state index in [4.69, 9.17) is 5.41 Å². The summed E-state index contributed by atoms with van der Waals surface area (Å²) in [6.07, 6.45) is 1.68. The summed E-state index contributed by atoms with van der Waals surface area (Å²) in [5, 5.41) is 19.3. The zero-order chi connectivity index (χ0) is 21.7. The first-order valence-electron chi connectivity index (χ1n) is 9.86. The molecule has 1 aliphatic rings. The highest BCUT2D eigenvalue weighted by molar-refractivity contribution is 8.93. The highest BCUT2D eigenvalue weighted by Crippen LogP contribution is 2.40. The van der Waals surface area contributed by atoms with E-state index in [1.54, 1.807) is 23.2 Å². The molecule has 1 aromatic heterocycles. The van der Waals surface area contributed by atoms with Crippen LogP contribution in [0.4, 0.5) is 0 Å². The number of aromatic hydroxyl groups is 1. The van der Waals surface area contributed by atoms with Crippen LogP contribution in [0.2, 0.25) is 0 Å². The minimum absolute atomic E-state index is 0. The smallest absolute Gasteiger partial charge is 0.182 e. The number of rotatable bonds is 3. The van der Waals surface area contributed by atoms with E-state index < -0.39 is 0 Å². The van der Waals surface area contributed by atoms with Crippen molar-refractivity contribution < 1.29 is 9.90 Å². The van der Waals surface area contributed by atoms with Crippen LogP contribution in [0.5, 0.6) is 5.75 Å².